The van der Waals surface area contributed by atoms with Crippen molar-refractivity contribution in [3.8, 4) is 5.75 Å². The molecule has 1 unspecified atom stereocenters. The molecule has 1 aromatic carbocycles. The van der Waals surface area contributed by atoms with E-state index in [4.69, 9.17) is 27.9 Å². The lowest BCUT2D eigenvalue weighted by Gasteiger charge is -2.26. The predicted molar refractivity (Wildman–Crippen MR) is 83.5 cm³/mol. The highest BCUT2D eigenvalue weighted by molar-refractivity contribution is 6.34. The molecule has 0 saturated heterocycles. The number of nitrogens with one attached hydrogen (secondary N) is 1. The largest absolute Gasteiger partial charge is 0.489 e. The Kier molecular flexibility index (Phi) is 6.45. The zero-order valence-corrected chi connectivity index (χ0v) is 13.6. The highest BCUT2D eigenvalue weighted by Crippen LogP contribution is 2.25. The fraction of sp³-hybridized carbons (Fsp3) is 0.600. The van der Waals surface area contributed by atoms with E-state index in [0.29, 0.717) is 10.0 Å². The maximum absolute atomic E-state index is 5.98. The normalized spacial score (nSPS) is 13.4. The zero-order valence-electron chi connectivity index (χ0n) is 12.1. The smallest absolute Gasteiger partial charge is 0.122 e. The Labute approximate surface area is 126 Å². The molecular weight excluding hydrogens is 281 g/mol. The second kappa shape index (κ2) is 7.37. The van der Waals surface area contributed by atoms with Crippen molar-refractivity contribution in [1.82, 2.24) is 5.32 Å². The van der Waals surface area contributed by atoms with E-state index in [1.807, 2.05) is 0 Å². The van der Waals surface area contributed by atoms with Gasteiger partial charge in [-0.1, -0.05) is 36.5 Å². The minimum atomic E-state index is 0.0847. The van der Waals surface area contributed by atoms with Crippen LogP contribution in [0.1, 0.15) is 40.5 Å². The van der Waals surface area contributed by atoms with E-state index in [9.17, 15) is 0 Å². The molecule has 0 aromatic heterocycles. The summed E-state index contributed by atoms with van der Waals surface area (Å²) in [4.78, 5) is 0. The van der Waals surface area contributed by atoms with Crippen LogP contribution in [0.2, 0.25) is 10.0 Å². The van der Waals surface area contributed by atoms with Gasteiger partial charge in [-0.3, -0.25) is 0 Å². The highest BCUT2D eigenvalue weighted by atomic mass is 35.5. The topological polar surface area (TPSA) is 21.3 Å². The van der Waals surface area contributed by atoms with Crippen LogP contribution in [-0.2, 0) is 0 Å². The fourth-order valence-electron chi connectivity index (χ4n) is 1.73. The third-order valence-electron chi connectivity index (χ3n) is 2.61. The van der Waals surface area contributed by atoms with Gasteiger partial charge in [-0.25, -0.2) is 0 Å². The molecule has 0 heterocycles. The number of benzene rings is 1. The Morgan fingerprint density at radius 1 is 1.16 bits per heavy atom. The summed E-state index contributed by atoms with van der Waals surface area (Å²) in [5.41, 5.74) is 0.0847. The minimum absolute atomic E-state index is 0.0847. The van der Waals surface area contributed by atoms with Crippen LogP contribution in [0.3, 0.4) is 0 Å². The van der Waals surface area contributed by atoms with Crippen LogP contribution in [0.4, 0.5) is 0 Å². The zero-order chi connectivity index (χ0) is 14.5. The maximum atomic E-state index is 5.98. The van der Waals surface area contributed by atoms with Gasteiger partial charge in [-0.05, 0) is 45.4 Å². The molecule has 0 bridgehead atoms. The van der Waals surface area contributed by atoms with Gasteiger partial charge in [0.05, 0.1) is 0 Å². The molecule has 0 aliphatic rings. The van der Waals surface area contributed by atoms with E-state index in [1.165, 1.54) is 0 Å². The third-order valence-corrected chi connectivity index (χ3v) is 3.05. The lowest BCUT2D eigenvalue weighted by Crippen LogP contribution is -2.42. The van der Waals surface area contributed by atoms with E-state index >= 15 is 0 Å². The first kappa shape index (κ1) is 16.6. The molecule has 1 aromatic rings. The van der Waals surface area contributed by atoms with Crippen molar-refractivity contribution in [3.05, 3.63) is 28.2 Å². The van der Waals surface area contributed by atoms with Crippen molar-refractivity contribution in [2.45, 2.75) is 52.2 Å². The molecule has 1 rings (SSSR count). The molecule has 0 spiro atoms. The Morgan fingerprint density at radius 2 is 1.74 bits per heavy atom. The Hall–Kier alpha value is -0.440. The van der Waals surface area contributed by atoms with Gasteiger partial charge in [0.15, 0.2) is 0 Å². The molecule has 108 valence electrons. The van der Waals surface area contributed by atoms with E-state index in [1.54, 1.807) is 18.2 Å². The molecule has 0 saturated carbocycles. The van der Waals surface area contributed by atoms with Crippen LogP contribution in [0.25, 0.3) is 0 Å². The standard InChI is InChI=1S/C15H23Cl2NO/c1-5-6-13(10-18-15(2,3)4)19-14-8-11(16)7-12(17)9-14/h7-9,13,18H,5-6,10H2,1-4H3. The van der Waals surface area contributed by atoms with Gasteiger partial charge < -0.3 is 10.1 Å². The molecule has 0 amide bonds. The van der Waals surface area contributed by atoms with Crippen molar-refractivity contribution < 1.29 is 4.74 Å². The Bertz CT molecular complexity index is 381. The second-order valence-electron chi connectivity index (χ2n) is 5.76. The fourth-order valence-corrected chi connectivity index (χ4v) is 2.24. The van der Waals surface area contributed by atoms with Crippen LogP contribution in [0, 0.1) is 0 Å². The van der Waals surface area contributed by atoms with Gasteiger partial charge in [-0.15, -0.1) is 0 Å². The summed E-state index contributed by atoms with van der Waals surface area (Å²) in [6.07, 6.45) is 2.19. The molecular formula is C15H23Cl2NO. The summed E-state index contributed by atoms with van der Waals surface area (Å²) in [5, 5.41) is 4.66. The van der Waals surface area contributed by atoms with Gasteiger partial charge in [0, 0.05) is 22.1 Å². The van der Waals surface area contributed by atoms with Crippen LogP contribution < -0.4 is 10.1 Å². The van der Waals surface area contributed by atoms with E-state index in [0.717, 1.165) is 25.1 Å². The van der Waals surface area contributed by atoms with Crippen LogP contribution in [-0.4, -0.2) is 18.2 Å². The quantitative estimate of drug-likeness (QED) is 0.804. The third kappa shape index (κ3) is 7.05. The van der Waals surface area contributed by atoms with Crippen molar-refractivity contribution in [3.63, 3.8) is 0 Å². The van der Waals surface area contributed by atoms with Crippen molar-refractivity contribution in [2.24, 2.45) is 0 Å². The molecule has 4 heteroatoms. The van der Waals surface area contributed by atoms with Gasteiger partial charge in [0.2, 0.25) is 0 Å². The SMILES string of the molecule is CCCC(CNC(C)(C)C)Oc1cc(Cl)cc(Cl)c1. The number of rotatable bonds is 6. The van der Waals surface area contributed by atoms with Crippen LogP contribution >= 0.6 is 23.2 Å². The molecule has 1 N–H and O–H groups in total. The van der Waals surface area contributed by atoms with Gasteiger partial charge in [0.25, 0.3) is 0 Å². The van der Waals surface area contributed by atoms with E-state index in [-0.39, 0.29) is 11.6 Å². The van der Waals surface area contributed by atoms with E-state index in [2.05, 4.69) is 33.0 Å². The van der Waals surface area contributed by atoms with Crippen molar-refractivity contribution >= 4 is 23.2 Å². The summed E-state index contributed by atoms with van der Waals surface area (Å²) in [6.45, 7) is 9.39. The Balaban J connectivity index is 2.66. The predicted octanol–water partition coefficient (Wildman–Crippen LogP) is 4.93. The molecule has 0 radical (unpaired) electrons. The summed E-state index contributed by atoms with van der Waals surface area (Å²) < 4.78 is 5.98. The molecule has 0 fully saturated rings. The number of hydrogen-bond acceptors (Lipinski definition) is 2. The molecule has 2 nitrogen and oxygen atoms in total. The monoisotopic (exact) mass is 303 g/mol. The maximum Gasteiger partial charge on any atom is 0.122 e. The van der Waals surface area contributed by atoms with Crippen molar-refractivity contribution in [1.29, 1.82) is 0 Å². The summed E-state index contributed by atoms with van der Waals surface area (Å²) >= 11 is 12.0. The van der Waals surface area contributed by atoms with Gasteiger partial charge >= 0.3 is 0 Å². The van der Waals surface area contributed by atoms with Gasteiger partial charge in [0.1, 0.15) is 11.9 Å². The molecule has 0 aliphatic carbocycles. The average molecular weight is 304 g/mol. The van der Waals surface area contributed by atoms with Crippen molar-refractivity contribution in [2.75, 3.05) is 6.54 Å². The number of hydrogen-bond donors (Lipinski definition) is 1. The molecule has 0 aliphatic heterocycles. The van der Waals surface area contributed by atoms with E-state index < -0.39 is 0 Å². The number of ether oxygens (including phenoxy) is 1. The highest BCUT2D eigenvalue weighted by Gasteiger charge is 2.15. The molecule has 19 heavy (non-hydrogen) atoms. The first-order valence-electron chi connectivity index (χ1n) is 6.68. The van der Waals surface area contributed by atoms with Crippen LogP contribution in [0.15, 0.2) is 18.2 Å². The van der Waals surface area contributed by atoms with Gasteiger partial charge in [-0.2, -0.15) is 0 Å². The van der Waals surface area contributed by atoms with Crippen LogP contribution in [0.5, 0.6) is 5.75 Å². The minimum Gasteiger partial charge on any atom is -0.489 e. The first-order chi connectivity index (χ1) is 8.80. The number of halogens is 2. The lowest BCUT2D eigenvalue weighted by molar-refractivity contribution is 0.175. The lowest BCUT2D eigenvalue weighted by atomic mass is 10.1. The Morgan fingerprint density at radius 3 is 2.21 bits per heavy atom. The summed E-state index contributed by atoms with van der Waals surface area (Å²) in [5.74, 6) is 0.728. The summed E-state index contributed by atoms with van der Waals surface area (Å²) in [6, 6.07) is 5.30. The first-order valence-corrected chi connectivity index (χ1v) is 7.43. The molecule has 1 atom stereocenters. The average Bonchev–Trinajstić information content (AvgIpc) is 2.23. The second-order valence-corrected chi connectivity index (χ2v) is 6.64. The summed E-state index contributed by atoms with van der Waals surface area (Å²) in [7, 11) is 0.